The van der Waals surface area contributed by atoms with Gasteiger partial charge >= 0.3 is 0 Å². The summed E-state index contributed by atoms with van der Waals surface area (Å²) in [6, 6.07) is 54.1. The van der Waals surface area contributed by atoms with Crippen molar-refractivity contribution in [3.8, 4) is 23.0 Å². The van der Waals surface area contributed by atoms with Gasteiger partial charge in [0.05, 0.1) is 0 Å². The maximum atomic E-state index is 12.0. The van der Waals surface area contributed by atoms with Crippen LogP contribution in [0.5, 0.6) is 23.0 Å². The highest BCUT2D eigenvalue weighted by molar-refractivity contribution is 5.84. The van der Waals surface area contributed by atoms with E-state index in [1.807, 2.05) is 48.5 Å². The molecule has 0 amide bonds. The molecule has 9 rings (SSSR count). The zero-order valence-electron chi connectivity index (χ0n) is 31.7. The third-order valence-electron chi connectivity index (χ3n) is 11.4. The molecule has 0 aromatic heterocycles. The second-order valence-electron chi connectivity index (χ2n) is 15.1. The second kappa shape index (κ2) is 15.0. The molecule has 1 aliphatic carbocycles. The fourth-order valence-corrected chi connectivity index (χ4v) is 8.23. The highest BCUT2D eigenvalue weighted by atomic mass is 16.5. The van der Waals surface area contributed by atoms with Crippen LogP contribution in [0.1, 0.15) is 81.7 Å². The van der Waals surface area contributed by atoms with Crippen molar-refractivity contribution in [1.29, 1.82) is 0 Å². The Labute approximate surface area is 328 Å². The third kappa shape index (κ3) is 6.95. The number of hydrogen-bond donors (Lipinski definition) is 2. The van der Waals surface area contributed by atoms with Crippen LogP contribution in [0.4, 0.5) is 0 Å². The van der Waals surface area contributed by atoms with Gasteiger partial charge in [0, 0.05) is 25.7 Å². The summed E-state index contributed by atoms with van der Waals surface area (Å²) in [6.07, 6.45) is 1.41. The molecule has 4 nitrogen and oxygen atoms in total. The maximum absolute atomic E-state index is 12.0. The molecular formula is C52H44O4. The molecule has 0 heterocycles. The van der Waals surface area contributed by atoms with Crippen molar-refractivity contribution < 1.29 is 19.7 Å². The summed E-state index contributed by atoms with van der Waals surface area (Å²) in [5, 5.41) is 28.6. The molecule has 8 aromatic carbocycles. The minimum absolute atomic E-state index is 0.245. The molecule has 56 heavy (non-hydrogen) atoms. The van der Waals surface area contributed by atoms with Crippen molar-refractivity contribution in [3.63, 3.8) is 0 Å². The van der Waals surface area contributed by atoms with Crippen LogP contribution in [0.3, 0.4) is 0 Å². The molecule has 0 fully saturated rings. The summed E-state index contributed by atoms with van der Waals surface area (Å²) >= 11 is 0. The Hall–Kier alpha value is -6.52. The Bertz CT molecular complexity index is 2460. The van der Waals surface area contributed by atoms with Gasteiger partial charge in [0.15, 0.2) is 0 Å². The van der Waals surface area contributed by atoms with Crippen molar-refractivity contribution in [3.05, 3.63) is 213 Å². The first-order chi connectivity index (χ1) is 27.4. The average Bonchev–Trinajstić information content (AvgIpc) is 3.22. The lowest BCUT2D eigenvalue weighted by Gasteiger charge is -2.24. The molecule has 8 aromatic rings. The van der Waals surface area contributed by atoms with Crippen LogP contribution >= 0.6 is 0 Å². The zero-order valence-corrected chi connectivity index (χ0v) is 31.7. The predicted molar refractivity (Wildman–Crippen MR) is 226 cm³/mol. The smallest absolute Gasteiger partial charge is 0.127 e. The minimum atomic E-state index is -0.245. The largest absolute Gasteiger partial charge is 0.507 e. The van der Waals surface area contributed by atoms with E-state index < -0.39 is 0 Å². The first kappa shape index (κ1) is 35.2. The SMILES string of the molecule is C[C@H](Oc1c2cccc1Cc1cccc(c1O)Cc1cccc(c1O[C@@H](C)c1ccc3ccccc3c1)Cc1cccc(c1O)C2)c1ccc2ccccc2c1. The van der Waals surface area contributed by atoms with Crippen LogP contribution in [0.15, 0.2) is 158 Å². The van der Waals surface area contributed by atoms with E-state index in [1.54, 1.807) is 0 Å². The van der Waals surface area contributed by atoms with Crippen LogP contribution < -0.4 is 9.47 Å². The second-order valence-corrected chi connectivity index (χ2v) is 15.1. The minimum Gasteiger partial charge on any atom is -0.507 e. The lowest BCUT2D eigenvalue weighted by Crippen LogP contribution is -2.09. The molecule has 0 saturated heterocycles. The van der Waals surface area contributed by atoms with Gasteiger partial charge in [-0.1, -0.05) is 146 Å². The van der Waals surface area contributed by atoms with Gasteiger partial charge in [0.1, 0.15) is 35.2 Å². The number of aromatic hydroxyl groups is 2. The standard InChI is InChI=1S/C52H44O4/c1-33(37-25-23-35-11-3-5-13-39(35)27-37)55-51-45-19-9-20-46(51)30-42-16-8-18-44(50(42)54)32-48-22-10-21-47(31-43-17-7-15-41(29-45)49(43)53)52(48)56-34(2)38-26-24-36-12-4-6-14-40(36)28-38/h3-28,33-34,53-54H,29-32H2,1-2H3/t33-,34-/m0/s1. The molecule has 0 aliphatic heterocycles. The molecule has 276 valence electrons. The Balaban J connectivity index is 1.13. The van der Waals surface area contributed by atoms with Gasteiger partial charge < -0.3 is 19.7 Å². The fraction of sp³-hybridized carbons (Fsp3) is 0.154. The van der Waals surface area contributed by atoms with E-state index in [1.165, 1.54) is 21.5 Å². The van der Waals surface area contributed by atoms with Crippen molar-refractivity contribution >= 4 is 21.5 Å². The number of para-hydroxylation sites is 4. The van der Waals surface area contributed by atoms with E-state index in [2.05, 4.69) is 123 Å². The first-order valence-electron chi connectivity index (χ1n) is 19.5. The Morgan fingerprint density at radius 1 is 0.357 bits per heavy atom. The van der Waals surface area contributed by atoms with E-state index in [0.717, 1.165) is 67.1 Å². The van der Waals surface area contributed by atoms with E-state index in [-0.39, 0.29) is 23.7 Å². The molecule has 0 spiro atoms. The molecule has 1 aliphatic rings. The fourth-order valence-electron chi connectivity index (χ4n) is 8.23. The van der Waals surface area contributed by atoms with Gasteiger partial charge in [0.2, 0.25) is 0 Å². The molecule has 0 saturated carbocycles. The van der Waals surface area contributed by atoms with E-state index >= 15 is 0 Å². The summed E-state index contributed by atoms with van der Waals surface area (Å²) in [6.45, 7) is 4.17. The van der Waals surface area contributed by atoms with E-state index in [0.29, 0.717) is 25.7 Å². The van der Waals surface area contributed by atoms with E-state index in [4.69, 9.17) is 9.47 Å². The highest BCUT2D eigenvalue weighted by Crippen LogP contribution is 2.40. The number of phenols is 2. The summed E-state index contributed by atoms with van der Waals surface area (Å²) < 4.78 is 13.9. The Morgan fingerprint density at radius 2 is 0.661 bits per heavy atom. The van der Waals surface area contributed by atoms with Crippen LogP contribution in [-0.4, -0.2) is 10.2 Å². The molecule has 2 N–H and O–H groups in total. The van der Waals surface area contributed by atoms with E-state index in [9.17, 15) is 10.2 Å². The average molecular weight is 733 g/mol. The van der Waals surface area contributed by atoms with Crippen LogP contribution in [0, 0.1) is 0 Å². The Kier molecular flexibility index (Phi) is 9.40. The van der Waals surface area contributed by atoms with Crippen molar-refractivity contribution in [1.82, 2.24) is 0 Å². The van der Waals surface area contributed by atoms with Crippen LogP contribution in [0.2, 0.25) is 0 Å². The number of rotatable bonds is 6. The van der Waals surface area contributed by atoms with Crippen LogP contribution in [0.25, 0.3) is 21.5 Å². The molecule has 4 heteroatoms. The molecule has 8 bridgehead atoms. The van der Waals surface area contributed by atoms with Gasteiger partial charge in [0.25, 0.3) is 0 Å². The van der Waals surface area contributed by atoms with Crippen LogP contribution in [-0.2, 0) is 25.7 Å². The quantitative estimate of drug-likeness (QED) is 0.179. The monoisotopic (exact) mass is 732 g/mol. The van der Waals surface area contributed by atoms with Gasteiger partial charge in [-0.25, -0.2) is 0 Å². The summed E-state index contributed by atoms with van der Waals surface area (Å²) in [4.78, 5) is 0. The number of hydrogen-bond acceptors (Lipinski definition) is 4. The molecule has 0 radical (unpaired) electrons. The molecular weight excluding hydrogens is 689 g/mol. The summed E-state index contributed by atoms with van der Waals surface area (Å²) in [5.41, 5.74) is 9.34. The topological polar surface area (TPSA) is 58.9 Å². The first-order valence-corrected chi connectivity index (χ1v) is 19.5. The number of phenolic OH excluding ortho intramolecular Hbond substituents is 2. The normalized spacial score (nSPS) is 13.6. The zero-order chi connectivity index (χ0) is 38.2. The van der Waals surface area contributed by atoms with Gasteiger partial charge in [-0.3, -0.25) is 0 Å². The third-order valence-corrected chi connectivity index (χ3v) is 11.4. The van der Waals surface area contributed by atoms with Gasteiger partial charge in [-0.2, -0.15) is 0 Å². The highest BCUT2D eigenvalue weighted by Gasteiger charge is 2.22. The maximum Gasteiger partial charge on any atom is 0.127 e. The number of benzene rings is 8. The molecule has 0 unspecified atom stereocenters. The lowest BCUT2D eigenvalue weighted by atomic mass is 9.91. The van der Waals surface area contributed by atoms with Crippen molar-refractivity contribution in [2.24, 2.45) is 0 Å². The van der Waals surface area contributed by atoms with Crippen molar-refractivity contribution in [2.45, 2.75) is 51.7 Å². The van der Waals surface area contributed by atoms with Gasteiger partial charge in [-0.15, -0.1) is 0 Å². The lowest BCUT2D eigenvalue weighted by molar-refractivity contribution is 0.223. The number of fused-ring (bicyclic) bond motifs is 10. The van der Waals surface area contributed by atoms with Gasteiger partial charge in [-0.05, 0) is 103 Å². The molecule has 2 atom stereocenters. The van der Waals surface area contributed by atoms with Crippen molar-refractivity contribution in [2.75, 3.05) is 0 Å². The number of ether oxygens (including phenoxy) is 2. The predicted octanol–water partition coefficient (Wildman–Crippen LogP) is 12.4. The summed E-state index contributed by atoms with van der Waals surface area (Å²) in [5.74, 6) is 2.11. The summed E-state index contributed by atoms with van der Waals surface area (Å²) in [7, 11) is 0. The Morgan fingerprint density at radius 3 is 1.00 bits per heavy atom.